The van der Waals surface area contributed by atoms with Gasteiger partial charge in [-0.15, -0.1) is 0 Å². The third-order valence-corrected chi connectivity index (χ3v) is 1.27. The van der Waals surface area contributed by atoms with E-state index < -0.39 is 11.4 Å². The Hall–Kier alpha value is -1.04. The molecule has 0 unspecified atom stereocenters. The van der Waals surface area contributed by atoms with Gasteiger partial charge in [0, 0.05) is 6.42 Å². The molecule has 0 saturated heterocycles. The van der Waals surface area contributed by atoms with Crippen LogP contribution < -0.4 is 0 Å². The number of nitriles is 1. The zero-order valence-corrected chi connectivity index (χ0v) is 8.22. The number of nitrogens with zero attached hydrogens (tertiary/aromatic N) is 1. The molecule has 12 heavy (non-hydrogen) atoms. The van der Waals surface area contributed by atoms with E-state index in [0.717, 1.165) is 0 Å². The first-order valence-electron chi connectivity index (χ1n) is 4.11. The minimum absolute atomic E-state index is 0.0700. The Bertz CT molecular complexity index is 168. The predicted octanol–water partition coefficient (Wildman–Crippen LogP) is 2.43. The Morgan fingerprint density at radius 1 is 1.50 bits per heavy atom. The molecule has 0 fully saturated rings. The molecule has 1 N–H and O–H groups in total. The lowest BCUT2D eigenvalue weighted by Crippen LogP contribution is -2.10. The summed E-state index contributed by atoms with van der Waals surface area (Å²) in [5, 5.41) is 16.7. The number of hydrogen-bond acceptors (Lipinski definition) is 2. The lowest BCUT2D eigenvalue weighted by atomic mass is 9.90. The van der Waals surface area contributed by atoms with Crippen molar-refractivity contribution < 1.29 is 9.90 Å². The van der Waals surface area contributed by atoms with Crippen LogP contribution in [-0.2, 0) is 4.79 Å². The quantitative estimate of drug-likeness (QED) is 0.709. The molecule has 0 rings (SSSR count). The molecular formula is C9H17NO2. The maximum Gasteiger partial charge on any atom is 0.303 e. The van der Waals surface area contributed by atoms with Crippen LogP contribution in [0.4, 0.5) is 0 Å². The second-order valence-electron chi connectivity index (χ2n) is 2.89. The molecule has 0 radical (unpaired) electrons. The second-order valence-corrected chi connectivity index (χ2v) is 2.89. The molecule has 0 heterocycles. The molecule has 0 spiro atoms. The van der Waals surface area contributed by atoms with Crippen molar-refractivity contribution in [3.63, 3.8) is 0 Å². The fraction of sp³-hybridized carbons (Fsp3) is 0.778. The van der Waals surface area contributed by atoms with Crippen molar-refractivity contribution in [3.05, 3.63) is 0 Å². The molecule has 0 aromatic carbocycles. The normalized spacial score (nSPS) is 9.25. The van der Waals surface area contributed by atoms with E-state index in [4.69, 9.17) is 10.4 Å². The Balaban J connectivity index is 0. The van der Waals surface area contributed by atoms with E-state index in [-0.39, 0.29) is 6.42 Å². The number of rotatable bonds is 3. The van der Waals surface area contributed by atoms with Gasteiger partial charge in [0.15, 0.2) is 0 Å². The molecule has 70 valence electrons. The number of carboxylic acids is 1. The number of carbonyl (C=O) groups is 1. The van der Waals surface area contributed by atoms with Gasteiger partial charge in [0.05, 0.1) is 11.5 Å². The summed E-state index contributed by atoms with van der Waals surface area (Å²) in [6.07, 6.45) is 0.486. The molecule has 0 aliphatic rings. The van der Waals surface area contributed by atoms with E-state index in [1.165, 1.54) is 0 Å². The van der Waals surface area contributed by atoms with Crippen molar-refractivity contribution in [1.82, 2.24) is 0 Å². The Morgan fingerprint density at radius 2 is 1.92 bits per heavy atom. The molecule has 0 aliphatic heterocycles. The summed E-state index contributed by atoms with van der Waals surface area (Å²) in [5.74, 6) is -0.844. The third-order valence-electron chi connectivity index (χ3n) is 1.27. The zero-order chi connectivity index (χ0) is 10.2. The van der Waals surface area contributed by atoms with Gasteiger partial charge in [-0.1, -0.05) is 13.8 Å². The molecule has 0 aromatic rings. The first kappa shape index (κ1) is 13.5. The fourth-order valence-electron chi connectivity index (χ4n) is 0.475. The first-order chi connectivity index (χ1) is 5.48. The van der Waals surface area contributed by atoms with Crippen LogP contribution in [0.25, 0.3) is 0 Å². The van der Waals surface area contributed by atoms with Crippen molar-refractivity contribution >= 4 is 5.97 Å². The van der Waals surface area contributed by atoms with Crippen LogP contribution in [0.5, 0.6) is 0 Å². The highest BCUT2D eigenvalue weighted by Gasteiger charge is 2.17. The maximum atomic E-state index is 10.1. The average Bonchev–Trinajstić information content (AvgIpc) is 2.05. The van der Waals surface area contributed by atoms with Gasteiger partial charge in [0.25, 0.3) is 0 Å². The van der Waals surface area contributed by atoms with E-state index in [1.54, 1.807) is 13.8 Å². The molecule has 0 saturated carbocycles. The van der Waals surface area contributed by atoms with Gasteiger partial charge in [-0.3, -0.25) is 4.79 Å². The standard InChI is InChI=1S/C7H11NO2.C2H6/c1-7(2,5-8)4-3-6(9)10;1-2/h3-4H2,1-2H3,(H,9,10);1-2H3. The Kier molecular flexibility index (Phi) is 7.51. The smallest absolute Gasteiger partial charge is 0.303 e. The van der Waals surface area contributed by atoms with E-state index >= 15 is 0 Å². The van der Waals surface area contributed by atoms with Crippen LogP contribution >= 0.6 is 0 Å². The monoisotopic (exact) mass is 171 g/mol. The van der Waals surface area contributed by atoms with Gasteiger partial charge < -0.3 is 5.11 Å². The molecule has 0 aromatic heterocycles. The zero-order valence-electron chi connectivity index (χ0n) is 8.22. The molecular weight excluding hydrogens is 154 g/mol. The van der Waals surface area contributed by atoms with Crippen LogP contribution in [-0.4, -0.2) is 11.1 Å². The molecule has 0 atom stereocenters. The van der Waals surface area contributed by atoms with E-state index in [9.17, 15) is 4.79 Å². The highest BCUT2D eigenvalue weighted by atomic mass is 16.4. The summed E-state index contributed by atoms with van der Waals surface area (Å²) in [6.45, 7) is 7.46. The van der Waals surface area contributed by atoms with Gasteiger partial charge in [-0.25, -0.2) is 0 Å². The summed E-state index contributed by atoms with van der Waals surface area (Å²) < 4.78 is 0. The molecule has 3 nitrogen and oxygen atoms in total. The molecule has 0 amide bonds. The van der Waals surface area contributed by atoms with Crippen LogP contribution in [0.1, 0.15) is 40.5 Å². The van der Waals surface area contributed by atoms with Gasteiger partial charge >= 0.3 is 5.97 Å². The summed E-state index contributed by atoms with van der Waals surface area (Å²) >= 11 is 0. The average molecular weight is 171 g/mol. The first-order valence-corrected chi connectivity index (χ1v) is 4.11. The van der Waals surface area contributed by atoms with Gasteiger partial charge in [0.1, 0.15) is 0 Å². The summed E-state index contributed by atoms with van der Waals surface area (Å²) in [4.78, 5) is 10.1. The number of carboxylic acid groups (broad SMARTS) is 1. The summed E-state index contributed by atoms with van der Waals surface area (Å²) in [5.41, 5.74) is -0.502. The van der Waals surface area contributed by atoms with Crippen molar-refractivity contribution in [2.75, 3.05) is 0 Å². The van der Waals surface area contributed by atoms with Gasteiger partial charge in [-0.2, -0.15) is 5.26 Å². The van der Waals surface area contributed by atoms with Crippen molar-refractivity contribution in [3.8, 4) is 6.07 Å². The Morgan fingerprint density at radius 3 is 2.17 bits per heavy atom. The Labute approximate surface area is 74.0 Å². The van der Waals surface area contributed by atoms with Gasteiger partial charge in [-0.05, 0) is 20.3 Å². The second kappa shape index (κ2) is 6.66. The number of aliphatic carboxylic acids is 1. The van der Waals surface area contributed by atoms with Crippen LogP contribution in [0, 0.1) is 16.7 Å². The van der Waals surface area contributed by atoms with Crippen LogP contribution in [0.15, 0.2) is 0 Å². The van der Waals surface area contributed by atoms with Crippen LogP contribution in [0.2, 0.25) is 0 Å². The fourth-order valence-corrected chi connectivity index (χ4v) is 0.475. The van der Waals surface area contributed by atoms with Gasteiger partial charge in [0.2, 0.25) is 0 Å². The summed E-state index contributed by atoms with van der Waals surface area (Å²) in [6, 6.07) is 2.03. The lowest BCUT2D eigenvalue weighted by molar-refractivity contribution is -0.137. The highest BCUT2D eigenvalue weighted by molar-refractivity contribution is 5.66. The minimum Gasteiger partial charge on any atom is -0.481 e. The minimum atomic E-state index is -0.844. The highest BCUT2D eigenvalue weighted by Crippen LogP contribution is 2.19. The van der Waals surface area contributed by atoms with E-state index in [1.807, 2.05) is 19.9 Å². The predicted molar refractivity (Wildman–Crippen MR) is 47.6 cm³/mol. The van der Waals surface area contributed by atoms with Crippen molar-refractivity contribution in [2.45, 2.75) is 40.5 Å². The number of hydrogen-bond donors (Lipinski definition) is 1. The molecule has 0 aliphatic carbocycles. The van der Waals surface area contributed by atoms with E-state index in [2.05, 4.69) is 0 Å². The van der Waals surface area contributed by atoms with Crippen molar-refractivity contribution in [1.29, 1.82) is 5.26 Å². The van der Waals surface area contributed by atoms with Crippen molar-refractivity contribution in [2.24, 2.45) is 5.41 Å². The summed E-state index contributed by atoms with van der Waals surface area (Å²) in [7, 11) is 0. The molecule has 3 heteroatoms. The SMILES string of the molecule is CC.CC(C)(C#N)CCC(=O)O. The third kappa shape index (κ3) is 8.96. The lowest BCUT2D eigenvalue weighted by Gasteiger charge is -2.11. The largest absolute Gasteiger partial charge is 0.481 e. The topological polar surface area (TPSA) is 61.1 Å². The van der Waals surface area contributed by atoms with Crippen LogP contribution in [0.3, 0.4) is 0 Å². The van der Waals surface area contributed by atoms with E-state index in [0.29, 0.717) is 6.42 Å². The maximum absolute atomic E-state index is 10.1. The molecule has 0 bridgehead atoms.